The number of hydrogen-bond acceptors (Lipinski definition) is 4. The Morgan fingerprint density at radius 1 is 1.39 bits per heavy atom. The van der Waals surface area contributed by atoms with Gasteiger partial charge in [-0.15, -0.1) is 0 Å². The van der Waals surface area contributed by atoms with Gasteiger partial charge in [0, 0.05) is 12.1 Å². The van der Waals surface area contributed by atoms with Crippen molar-refractivity contribution >= 4 is 6.09 Å². The fourth-order valence-electron chi connectivity index (χ4n) is 2.87. The van der Waals surface area contributed by atoms with Crippen molar-refractivity contribution in [2.24, 2.45) is 0 Å². The summed E-state index contributed by atoms with van der Waals surface area (Å²) in [5.41, 5.74) is -1.30. The molecule has 2 unspecified atom stereocenters. The number of nitriles is 1. The second kappa shape index (κ2) is 4.43. The monoisotopic (exact) mass is 251 g/mol. The van der Waals surface area contributed by atoms with Crippen LogP contribution in [0.5, 0.6) is 0 Å². The third kappa shape index (κ3) is 2.94. The first kappa shape index (κ1) is 13.2. The molecular formula is C13H21N3O2. The van der Waals surface area contributed by atoms with Gasteiger partial charge in [0.15, 0.2) is 0 Å². The Hall–Kier alpha value is -1.28. The Kier molecular flexibility index (Phi) is 3.24. The van der Waals surface area contributed by atoms with Crippen LogP contribution in [-0.4, -0.2) is 29.3 Å². The van der Waals surface area contributed by atoms with E-state index in [9.17, 15) is 10.1 Å². The van der Waals surface area contributed by atoms with Crippen LogP contribution >= 0.6 is 0 Å². The lowest BCUT2D eigenvalue weighted by Crippen LogP contribution is -2.57. The number of carbonyl (C=O) groups is 1. The van der Waals surface area contributed by atoms with Crippen LogP contribution in [0.4, 0.5) is 4.79 Å². The molecule has 2 aliphatic rings. The minimum absolute atomic E-state index is 0.346. The highest BCUT2D eigenvalue weighted by Gasteiger charge is 2.45. The van der Waals surface area contributed by atoms with Gasteiger partial charge in [-0.25, -0.2) is 4.79 Å². The molecule has 0 aliphatic carbocycles. The van der Waals surface area contributed by atoms with Gasteiger partial charge in [-0.1, -0.05) is 0 Å². The van der Waals surface area contributed by atoms with Crippen LogP contribution in [0.15, 0.2) is 0 Å². The Morgan fingerprint density at radius 3 is 2.39 bits per heavy atom. The second-order valence-electron chi connectivity index (χ2n) is 6.37. The molecule has 2 bridgehead atoms. The van der Waals surface area contributed by atoms with Gasteiger partial charge < -0.3 is 15.4 Å². The number of rotatable bonds is 1. The summed E-state index contributed by atoms with van der Waals surface area (Å²) in [5, 5.41) is 15.6. The molecule has 0 spiro atoms. The van der Waals surface area contributed by atoms with E-state index in [1.807, 2.05) is 20.8 Å². The van der Waals surface area contributed by atoms with Gasteiger partial charge in [0.05, 0.1) is 6.07 Å². The predicted molar refractivity (Wildman–Crippen MR) is 66.9 cm³/mol. The van der Waals surface area contributed by atoms with Crippen LogP contribution in [0.25, 0.3) is 0 Å². The number of amides is 1. The number of piperidine rings is 1. The molecule has 2 N–H and O–H groups in total. The number of nitrogens with one attached hydrogen (secondary N) is 2. The van der Waals surface area contributed by atoms with Crippen LogP contribution in [0, 0.1) is 11.3 Å². The van der Waals surface area contributed by atoms with E-state index in [1.54, 1.807) is 0 Å². The molecular weight excluding hydrogens is 230 g/mol. The highest BCUT2D eigenvalue weighted by molar-refractivity contribution is 5.69. The van der Waals surface area contributed by atoms with Crippen molar-refractivity contribution < 1.29 is 9.53 Å². The van der Waals surface area contributed by atoms with Gasteiger partial charge in [-0.2, -0.15) is 5.26 Å². The molecule has 0 aromatic rings. The summed E-state index contributed by atoms with van der Waals surface area (Å²) in [5.74, 6) is 0. The molecule has 18 heavy (non-hydrogen) atoms. The second-order valence-corrected chi connectivity index (χ2v) is 6.37. The zero-order valence-corrected chi connectivity index (χ0v) is 11.2. The molecule has 0 aromatic carbocycles. The van der Waals surface area contributed by atoms with Crippen LogP contribution < -0.4 is 10.6 Å². The van der Waals surface area contributed by atoms with Crippen molar-refractivity contribution in [2.75, 3.05) is 0 Å². The number of fused-ring (bicyclic) bond motifs is 2. The third-order valence-corrected chi connectivity index (χ3v) is 3.48. The topological polar surface area (TPSA) is 74.1 Å². The number of hydrogen-bond donors (Lipinski definition) is 2. The van der Waals surface area contributed by atoms with Crippen molar-refractivity contribution in [1.29, 1.82) is 5.26 Å². The van der Waals surface area contributed by atoms with Crippen LogP contribution in [-0.2, 0) is 4.74 Å². The predicted octanol–water partition coefficient (Wildman–Crippen LogP) is 1.69. The maximum atomic E-state index is 11.8. The summed E-state index contributed by atoms with van der Waals surface area (Å²) in [7, 11) is 0. The molecule has 2 rings (SSSR count). The number of ether oxygens (including phenoxy) is 1. The van der Waals surface area contributed by atoms with Crippen molar-refractivity contribution in [2.45, 2.75) is 69.7 Å². The average Bonchev–Trinajstić information content (AvgIpc) is 2.55. The molecule has 0 aromatic heterocycles. The van der Waals surface area contributed by atoms with Crippen molar-refractivity contribution in [3.63, 3.8) is 0 Å². The van der Waals surface area contributed by atoms with Gasteiger partial charge in [-0.05, 0) is 46.5 Å². The SMILES string of the molecule is CC(C)(C)OC(=O)NC1(C#N)CC2CCC(C1)N2. The van der Waals surface area contributed by atoms with Gasteiger partial charge in [-0.3, -0.25) is 0 Å². The fraction of sp³-hybridized carbons (Fsp3) is 0.846. The lowest BCUT2D eigenvalue weighted by Gasteiger charge is -2.36. The number of alkyl carbamates (subject to hydrolysis) is 1. The molecule has 2 aliphatic heterocycles. The van der Waals surface area contributed by atoms with Crippen LogP contribution in [0.3, 0.4) is 0 Å². The molecule has 5 nitrogen and oxygen atoms in total. The van der Waals surface area contributed by atoms with Crippen LogP contribution in [0.2, 0.25) is 0 Å². The Balaban J connectivity index is 2.01. The zero-order chi connectivity index (χ0) is 13.4. The standard InChI is InChI=1S/C13H21N3O2/c1-12(2,3)18-11(17)16-13(8-14)6-9-4-5-10(7-13)15-9/h9-10,15H,4-7H2,1-3H3,(H,16,17). The minimum atomic E-state index is -0.764. The summed E-state index contributed by atoms with van der Waals surface area (Å²) in [6.07, 6.45) is 3.01. The number of carbonyl (C=O) groups excluding carboxylic acids is 1. The molecule has 0 saturated carbocycles. The molecule has 2 atom stereocenters. The van der Waals surface area contributed by atoms with E-state index in [4.69, 9.17) is 4.74 Å². The highest BCUT2D eigenvalue weighted by Crippen LogP contribution is 2.33. The lowest BCUT2D eigenvalue weighted by atomic mass is 9.85. The van der Waals surface area contributed by atoms with E-state index in [2.05, 4.69) is 16.7 Å². The maximum Gasteiger partial charge on any atom is 0.408 e. The Morgan fingerprint density at radius 2 is 1.94 bits per heavy atom. The first-order valence-electron chi connectivity index (χ1n) is 6.50. The molecule has 5 heteroatoms. The van der Waals surface area contributed by atoms with Gasteiger partial charge in [0.1, 0.15) is 11.1 Å². The van der Waals surface area contributed by atoms with E-state index in [0.29, 0.717) is 24.9 Å². The number of nitrogens with zero attached hydrogens (tertiary/aromatic N) is 1. The molecule has 2 saturated heterocycles. The summed E-state index contributed by atoms with van der Waals surface area (Å²) >= 11 is 0. The van der Waals surface area contributed by atoms with Crippen molar-refractivity contribution in [1.82, 2.24) is 10.6 Å². The summed E-state index contributed by atoms with van der Waals surface area (Å²) in [6.45, 7) is 5.45. The Labute approximate surface area is 108 Å². The summed E-state index contributed by atoms with van der Waals surface area (Å²) < 4.78 is 5.24. The van der Waals surface area contributed by atoms with E-state index in [0.717, 1.165) is 12.8 Å². The first-order chi connectivity index (χ1) is 8.32. The minimum Gasteiger partial charge on any atom is -0.444 e. The third-order valence-electron chi connectivity index (χ3n) is 3.48. The normalized spacial score (nSPS) is 34.8. The van der Waals surface area contributed by atoms with Crippen LogP contribution in [0.1, 0.15) is 46.5 Å². The average molecular weight is 251 g/mol. The fourth-order valence-corrected chi connectivity index (χ4v) is 2.87. The van der Waals surface area contributed by atoms with E-state index < -0.39 is 17.2 Å². The summed E-state index contributed by atoms with van der Waals surface area (Å²) in [6, 6.07) is 2.97. The largest absolute Gasteiger partial charge is 0.444 e. The van der Waals surface area contributed by atoms with E-state index in [-0.39, 0.29) is 0 Å². The highest BCUT2D eigenvalue weighted by atomic mass is 16.6. The first-order valence-corrected chi connectivity index (χ1v) is 6.50. The maximum absolute atomic E-state index is 11.8. The van der Waals surface area contributed by atoms with Gasteiger partial charge in [0.2, 0.25) is 0 Å². The zero-order valence-electron chi connectivity index (χ0n) is 11.2. The molecule has 2 fully saturated rings. The molecule has 2 heterocycles. The smallest absolute Gasteiger partial charge is 0.408 e. The van der Waals surface area contributed by atoms with Crippen molar-refractivity contribution in [3.8, 4) is 6.07 Å². The van der Waals surface area contributed by atoms with Crippen molar-refractivity contribution in [3.05, 3.63) is 0 Å². The van der Waals surface area contributed by atoms with E-state index in [1.165, 1.54) is 0 Å². The molecule has 100 valence electrons. The summed E-state index contributed by atoms with van der Waals surface area (Å²) in [4.78, 5) is 11.8. The molecule has 0 radical (unpaired) electrons. The molecule has 1 amide bonds. The van der Waals surface area contributed by atoms with E-state index >= 15 is 0 Å². The van der Waals surface area contributed by atoms with Gasteiger partial charge >= 0.3 is 6.09 Å². The quantitative estimate of drug-likeness (QED) is 0.743. The van der Waals surface area contributed by atoms with Gasteiger partial charge in [0.25, 0.3) is 0 Å². The Bertz CT molecular complexity index is 369. The lowest BCUT2D eigenvalue weighted by molar-refractivity contribution is 0.0455.